The van der Waals surface area contributed by atoms with Crippen LogP contribution >= 0.6 is 0 Å². The van der Waals surface area contributed by atoms with Gasteiger partial charge in [0.1, 0.15) is 0 Å². The van der Waals surface area contributed by atoms with Gasteiger partial charge in [-0.15, -0.1) is 0 Å². The van der Waals surface area contributed by atoms with Crippen molar-refractivity contribution < 1.29 is 21.8 Å². The maximum atomic E-state index is 8.38. The van der Waals surface area contributed by atoms with Gasteiger partial charge in [-0.2, -0.15) is 0 Å². The van der Waals surface area contributed by atoms with E-state index in [0.717, 1.165) is 0 Å². The van der Waals surface area contributed by atoms with E-state index in [4.69, 9.17) is 3.57 Å². The Morgan fingerprint density at radius 2 is 1.25 bits per heavy atom. The van der Waals surface area contributed by atoms with Gasteiger partial charge in [0.05, 0.1) is 0 Å². The van der Waals surface area contributed by atoms with E-state index in [2.05, 4.69) is 0 Å². The first-order valence-corrected chi connectivity index (χ1v) is 1.50. The molecule has 4 heteroatoms. The summed E-state index contributed by atoms with van der Waals surface area (Å²) in [7, 11) is 0. The van der Waals surface area contributed by atoms with Crippen molar-refractivity contribution in [3.63, 3.8) is 0 Å². The summed E-state index contributed by atoms with van der Waals surface area (Å²) < 4.78 is 8.38. The predicted molar refractivity (Wildman–Crippen MR) is 22.0 cm³/mol. The Hall–Kier alpha value is 1.75. The third-order valence-corrected chi connectivity index (χ3v) is 0. The molecule has 0 aromatic carbocycles. The van der Waals surface area contributed by atoms with Gasteiger partial charge in [0, 0.05) is 0 Å². The molecule has 4 heavy (non-hydrogen) atoms. The maximum absolute atomic E-state index is 8.38. The second-order valence-electron chi connectivity index (χ2n) is 0. The van der Waals surface area contributed by atoms with Crippen LogP contribution in [0.15, 0.2) is 0 Å². The van der Waals surface area contributed by atoms with Gasteiger partial charge in [0.2, 0.25) is 0 Å². The van der Waals surface area contributed by atoms with Crippen LogP contribution < -0.4 is 0 Å². The van der Waals surface area contributed by atoms with Gasteiger partial charge in [0.25, 0.3) is 0 Å². The number of rotatable bonds is 0. The molecule has 0 saturated carbocycles. The molecule has 0 heterocycles. The zero-order valence-corrected chi connectivity index (χ0v) is 4.08. The predicted octanol–water partition coefficient (Wildman–Crippen LogP) is -2.76. The molecule has 0 atom stereocenters. The van der Waals surface area contributed by atoms with E-state index < -0.39 is 0 Å². The molecule has 0 rings (SSSR count). The van der Waals surface area contributed by atoms with E-state index in [0.29, 0.717) is 0 Å². The molecule has 0 aliphatic heterocycles. The van der Waals surface area contributed by atoms with Crippen LogP contribution in [0.3, 0.4) is 0 Å². The minimum atomic E-state index is 0. The molecular weight excluding hydrogens is 227 g/mol. The average molecular weight is 234 g/mol. The fourth-order valence-electron chi connectivity index (χ4n) is 0. The van der Waals surface area contributed by atoms with Crippen molar-refractivity contribution in [3.05, 3.63) is 0 Å². The zero-order chi connectivity index (χ0) is 2.00. The third-order valence-electron chi connectivity index (χ3n) is 0. The summed E-state index contributed by atoms with van der Waals surface area (Å²) >= 11 is 0.125. The normalized spacial score (nSPS) is 1.50. The van der Waals surface area contributed by atoms with Gasteiger partial charge in [-0.25, -0.2) is 0 Å². The average Bonchev–Trinajstić information content (AvgIpc) is 1.00. The van der Waals surface area contributed by atoms with E-state index in [1.165, 1.54) is 0 Å². The molecule has 0 bridgehead atoms. The molecule has 0 N–H and O–H groups in total. The molecule has 0 aromatic rings. The summed E-state index contributed by atoms with van der Waals surface area (Å²) in [6.45, 7) is 0. The molecule has 1 nitrogen and oxygen atoms in total. The first kappa shape index (κ1) is 17.1. The Morgan fingerprint density at radius 3 is 1.25 bits per heavy atom. The summed E-state index contributed by atoms with van der Waals surface area (Å²) in [6.07, 6.45) is 0. The van der Waals surface area contributed by atoms with Crippen molar-refractivity contribution >= 4 is 41.3 Å². The van der Waals surface area contributed by atoms with Crippen LogP contribution in [-0.2, 0) is 21.8 Å². The summed E-state index contributed by atoms with van der Waals surface area (Å²) in [5, 5.41) is 0. The molecule has 22 valence electrons. The van der Waals surface area contributed by atoms with Crippen molar-refractivity contribution in [1.29, 1.82) is 0 Å². The molecule has 0 unspecified atom stereocenters. The zero-order valence-electron chi connectivity index (χ0n) is 1.12. The van der Waals surface area contributed by atoms with Crippen LogP contribution in [0.4, 0.5) is 0 Å². The van der Waals surface area contributed by atoms with E-state index in [-0.39, 0.29) is 59.5 Å². The summed E-state index contributed by atoms with van der Waals surface area (Å²) in [6, 6.07) is 0. The van der Waals surface area contributed by atoms with Crippen molar-refractivity contribution in [2.24, 2.45) is 0 Å². The third kappa shape index (κ3) is 9.25. The summed E-state index contributed by atoms with van der Waals surface area (Å²) in [5.74, 6) is 0. The molecule has 0 saturated heterocycles. The SMILES string of the molecule is [AlH3].[O]=[Zn].[SnH4]. The number of hydrogen-bond acceptors (Lipinski definition) is 1. The molecule has 0 aromatic heterocycles. The van der Waals surface area contributed by atoms with Crippen LogP contribution in [-0.4, -0.2) is 41.3 Å². The first-order chi connectivity index (χ1) is 1.00. The Bertz CT molecular complexity index is 8.00. The van der Waals surface area contributed by atoms with Gasteiger partial charge < -0.3 is 0 Å². The van der Waals surface area contributed by atoms with Gasteiger partial charge in [-0.05, 0) is 0 Å². The van der Waals surface area contributed by atoms with Crippen molar-refractivity contribution in [2.45, 2.75) is 0 Å². The van der Waals surface area contributed by atoms with Crippen LogP contribution in [0.1, 0.15) is 0 Å². The molecule has 0 aliphatic rings. The minimum absolute atomic E-state index is 0. The Balaban J connectivity index is -0.00000000500. The Kier molecular flexibility index (Phi) is 93.3. The number of hydrogen-bond donors (Lipinski definition) is 0. The summed E-state index contributed by atoms with van der Waals surface area (Å²) in [4.78, 5) is 0. The Labute approximate surface area is 62.6 Å². The standard InChI is InChI=1S/Al.O.Sn.Zn.7H. The van der Waals surface area contributed by atoms with Gasteiger partial charge >= 0.3 is 45.7 Å². The fourth-order valence-corrected chi connectivity index (χ4v) is 0. The monoisotopic (exact) mass is 234 g/mol. The topological polar surface area (TPSA) is 17.1 Å². The molecule has 0 amide bonds. The van der Waals surface area contributed by atoms with Crippen molar-refractivity contribution in [1.82, 2.24) is 0 Å². The van der Waals surface area contributed by atoms with Crippen molar-refractivity contribution in [2.75, 3.05) is 0 Å². The van der Waals surface area contributed by atoms with Gasteiger partial charge in [0.15, 0.2) is 17.4 Å². The molecular formula is H7AlOSnZn. The first-order valence-electron chi connectivity index (χ1n) is 0.289. The molecule has 0 aliphatic carbocycles. The second-order valence-corrected chi connectivity index (χ2v) is 0. The van der Waals surface area contributed by atoms with Gasteiger partial charge in [-0.3, -0.25) is 0 Å². The Morgan fingerprint density at radius 1 is 1.25 bits per heavy atom. The van der Waals surface area contributed by atoms with Gasteiger partial charge in [-0.1, -0.05) is 0 Å². The fraction of sp³-hybridized carbons (Fsp3) is 0. The quantitative estimate of drug-likeness (QED) is 0.415. The van der Waals surface area contributed by atoms with Crippen LogP contribution in [0, 0.1) is 0 Å². The van der Waals surface area contributed by atoms with E-state index >= 15 is 0 Å². The molecule has 0 radical (unpaired) electrons. The second kappa shape index (κ2) is 21.8. The van der Waals surface area contributed by atoms with Crippen LogP contribution in [0.5, 0.6) is 0 Å². The molecule has 0 fully saturated rings. The van der Waals surface area contributed by atoms with Crippen LogP contribution in [0.25, 0.3) is 0 Å². The summed E-state index contributed by atoms with van der Waals surface area (Å²) in [5.41, 5.74) is 0. The molecule has 0 spiro atoms. The van der Waals surface area contributed by atoms with E-state index in [1.807, 2.05) is 0 Å². The van der Waals surface area contributed by atoms with Crippen molar-refractivity contribution in [3.8, 4) is 0 Å². The van der Waals surface area contributed by atoms with E-state index in [9.17, 15) is 0 Å². The van der Waals surface area contributed by atoms with Crippen LogP contribution in [0.2, 0.25) is 0 Å². The van der Waals surface area contributed by atoms with E-state index in [1.54, 1.807) is 0 Å².